The van der Waals surface area contributed by atoms with E-state index >= 15 is 0 Å². The van der Waals surface area contributed by atoms with Crippen LogP contribution in [-0.4, -0.2) is 53.2 Å². The summed E-state index contributed by atoms with van der Waals surface area (Å²) in [5, 5.41) is 10.6. The number of carbonyl (C=O) groups excluding carboxylic acids is 2. The lowest BCUT2D eigenvalue weighted by Gasteiger charge is -2.32. The number of nitro benzene ring substituents is 1. The number of likely N-dealkylation sites (N-methyl/N-ethyl adjacent to an activating group) is 1. The lowest BCUT2D eigenvalue weighted by Crippen LogP contribution is -2.50. The van der Waals surface area contributed by atoms with Gasteiger partial charge in [0, 0.05) is 26.2 Å². The molecule has 8 heteroatoms. The van der Waals surface area contributed by atoms with Gasteiger partial charge in [-0.25, -0.2) is 0 Å². The van der Waals surface area contributed by atoms with Crippen molar-refractivity contribution in [3.05, 3.63) is 38.9 Å². The zero-order valence-corrected chi connectivity index (χ0v) is 11.5. The summed E-state index contributed by atoms with van der Waals surface area (Å²) in [6, 6.07) is 4.05. The molecule has 0 N–H and O–H groups in total. The van der Waals surface area contributed by atoms with Crippen molar-refractivity contribution in [3.63, 3.8) is 0 Å². The minimum absolute atomic E-state index is 0.0400. The summed E-state index contributed by atoms with van der Waals surface area (Å²) in [7, 11) is 1.66. The number of hydrogen-bond acceptors (Lipinski definition) is 4. The molecule has 0 bridgehead atoms. The number of amides is 2. The van der Waals surface area contributed by atoms with Gasteiger partial charge in [-0.05, 0) is 6.07 Å². The smallest absolute Gasteiger partial charge is 0.288 e. The fraction of sp³-hybridized carbons (Fsp3) is 0.333. The van der Waals surface area contributed by atoms with Crippen molar-refractivity contribution in [2.24, 2.45) is 0 Å². The third-order valence-electron chi connectivity index (χ3n) is 3.15. The Kier molecular flexibility index (Phi) is 3.89. The predicted molar refractivity (Wildman–Crippen MR) is 71.6 cm³/mol. The van der Waals surface area contributed by atoms with Crippen LogP contribution in [0.3, 0.4) is 0 Å². The van der Waals surface area contributed by atoms with Crippen molar-refractivity contribution in [1.29, 1.82) is 0 Å². The van der Waals surface area contributed by atoms with E-state index in [0.29, 0.717) is 13.1 Å². The number of hydrogen-bond donors (Lipinski definition) is 0. The second-order valence-electron chi connectivity index (χ2n) is 4.44. The molecule has 0 atom stereocenters. The Morgan fingerprint density at radius 3 is 2.70 bits per heavy atom. The summed E-state index contributed by atoms with van der Waals surface area (Å²) in [6.45, 7) is 0.756. The van der Waals surface area contributed by atoms with Gasteiger partial charge >= 0.3 is 0 Å². The van der Waals surface area contributed by atoms with Gasteiger partial charge in [0.15, 0.2) is 0 Å². The third-order valence-corrected chi connectivity index (χ3v) is 3.55. The van der Waals surface area contributed by atoms with Crippen LogP contribution >= 0.6 is 11.6 Å². The Hall–Kier alpha value is -2.15. The molecule has 1 fully saturated rings. The molecule has 1 aliphatic rings. The molecule has 2 rings (SSSR count). The highest BCUT2D eigenvalue weighted by Crippen LogP contribution is 2.28. The van der Waals surface area contributed by atoms with E-state index in [1.165, 1.54) is 28.0 Å². The standard InChI is InChI=1S/C12H12ClN3O4/c1-14-5-6-15(7-10(14)17)12(18)8-3-2-4-9(11(8)13)16(19)20/h2-4H,5-7H2,1H3. The molecule has 20 heavy (non-hydrogen) atoms. The Morgan fingerprint density at radius 1 is 1.40 bits per heavy atom. The van der Waals surface area contributed by atoms with Crippen LogP contribution < -0.4 is 0 Å². The Morgan fingerprint density at radius 2 is 2.10 bits per heavy atom. The summed E-state index contributed by atoms with van der Waals surface area (Å²) in [6.07, 6.45) is 0. The van der Waals surface area contributed by atoms with Crippen LogP contribution in [0.4, 0.5) is 5.69 Å². The zero-order valence-electron chi connectivity index (χ0n) is 10.7. The number of halogens is 1. The average Bonchev–Trinajstić information content (AvgIpc) is 2.41. The topological polar surface area (TPSA) is 83.8 Å². The van der Waals surface area contributed by atoms with Gasteiger partial charge < -0.3 is 9.80 Å². The fourth-order valence-electron chi connectivity index (χ4n) is 1.93. The summed E-state index contributed by atoms with van der Waals surface area (Å²) in [5.74, 6) is -0.647. The number of carbonyl (C=O) groups is 2. The van der Waals surface area contributed by atoms with Gasteiger partial charge in [-0.3, -0.25) is 19.7 Å². The van der Waals surface area contributed by atoms with Crippen LogP contribution in [0.5, 0.6) is 0 Å². The number of piperazine rings is 1. The molecule has 0 saturated carbocycles. The van der Waals surface area contributed by atoms with Crippen LogP contribution in [0.1, 0.15) is 10.4 Å². The zero-order chi connectivity index (χ0) is 14.9. The van der Waals surface area contributed by atoms with E-state index in [9.17, 15) is 19.7 Å². The van der Waals surface area contributed by atoms with Gasteiger partial charge in [-0.15, -0.1) is 0 Å². The second kappa shape index (κ2) is 5.46. The van der Waals surface area contributed by atoms with Gasteiger partial charge in [-0.1, -0.05) is 17.7 Å². The fourth-order valence-corrected chi connectivity index (χ4v) is 2.20. The predicted octanol–water partition coefficient (Wildman–Crippen LogP) is 1.16. The van der Waals surface area contributed by atoms with E-state index in [1.807, 2.05) is 0 Å². The average molecular weight is 298 g/mol. The van der Waals surface area contributed by atoms with E-state index in [2.05, 4.69) is 0 Å². The lowest BCUT2D eigenvalue weighted by atomic mass is 10.1. The quantitative estimate of drug-likeness (QED) is 0.606. The first kappa shape index (κ1) is 14.3. The number of benzene rings is 1. The highest BCUT2D eigenvalue weighted by atomic mass is 35.5. The molecule has 0 unspecified atom stereocenters. The maximum atomic E-state index is 12.3. The highest BCUT2D eigenvalue weighted by molar-refractivity contribution is 6.35. The van der Waals surface area contributed by atoms with E-state index in [-0.39, 0.29) is 28.7 Å². The molecule has 0 aromatic heterocycles. The van der Waals surface area contributed by atoms with E-state index in [4.69, 9.17) is 11.6 Å². The minimum Gasteiger partial charge on any atom is -0.342 e. The molecule has 0 radical (unpaired) electrons. The second-order valence-corrected chi connectivity index (χ2v) is 4.82. The SMILES string of the molecule is CN1CCN(C(=O)c2cccc([N+](=O)[O-])c2Cl)CC1=O. The molecular weight excluding hydrogens is 286 g/mol. The van der Waals surface area contributed by atoms with Crippen molar-refractivity contribution in [2.75, 3.05) is 26.7 Å². The molecule has 1 aliphatic heterocycles. The van der Waals surface area contributed by atoms with Crippen LogP contribution in [-0.2, 0) is 4.79 Å². The Bertz CT molecular complexity index is 590. The largest absolute Gasteiger partial charge is 0.342 e. The van der Waals surface area contributed by atoms with Crippen molar-refractivity contribution in [3.8, 4) is 0 Å². The summed E-state index contributed by atoms with van der Waals surface area (Å²) >= 11 is 5.90. The first-order chi connectivity index (χ1) is 9.41. The minimum atomic E-state index is -0.645. The monoisotopic (exact) mass is 297 g/mol. The van der Waals surface area contributed by atoms with Crippen LogP contribution in [0, 0.1) is 10.1 Å². The number of nitro groups is 1. The van der Waals surface area contributed by atoms with Crippen molar-refractivity contribution in [1.82, 2.24) is 9.80 Å². The molecule has 0 aliphatic carbocycles. The van der Waals surface area contributed by atoms with Gasteiger partial charge in [0.25, 0.3) is 11.6 Å². The molecule has 1 heterocycles. The van der Waals surface area contributed by atoms with Crippen LogP contribution in [0.25, 0.3) is 0 Å². The maximum Gasteiger partial charge on any atom is 0.288 e. The lowest BCUT2D eigenvalue weighted by molar-refractivity contribution is -0.384. The molecule has 2 amide bonds. The van der Waals surface area contributed by atoms with Crippen LogP contribution in [0.2, 0.25) is 5.02 Å². The first-order valence-electron chi connectivity index (χ1n) is 5.88. The van der Waals surface area contributed by atoms with Crippen molar-refractivity contribution in [2.45, 2.75) is 0 Å². The first-order valence-corrected chi connectivity index (χ1v) is 6.25. The van der Waals surface area contributed by atoms with Gasteiger partial charge in [0.2, 0.25) is 5.91 Å². The number of rotatable bonds is 2. The third kappa shape index (κ3) is 2.57. The van der Waals surface area contributed by atoms with Gasteiger partial charge in [0.1, 0.15) is 11.6 Å². The Labute approximate surface area is 119 Å². The van der Waals surface area contributed by atoms with Crippen molar-refractivity contribution < 1.29 is 14.5 Å². The highest BCUT2D eigenvalue weighted by Gasteiger charge is 2.28. The normalized spacial score (nSPS) is 15.4. The molecule has 1 saturated heterocycles. The van der Waals surface area contributed by atoms with E-state index < -0.39 is 10.8 Å². The maximum absolute atomic E-state index is 12.3. The summed E-state index contributed by atoms with van der Waals surface area (Å²) in [5.41, 5.74) is -0.281. The molecule has 106 valence electrons. The number of nitrogens with zero attached hydrogens (tertiary/aromatic N) is 3. The molecule has 0 spiro atoms. The molecular formula is C12H12ClN3O4. The van der Waals surface area contributed by atoms with E-state index in [0.717, 1.165) is 0 Å². The van der Waals surface area contributed by atoms with E-state index in [1.54, 1.807) is 7.05 Å². The van der Waals surface area contributed by atoms with Gasteiger partial charge in [0.05, 0.1) is 10.5 Å². The molecule has 1 aromatic carbocycles. The summed E-state index contributed by atoms with van der Waals surface area (Å²) < 4.78 is 0. The Balaban J connectivity index is 2.28. The van der Waals surface area contributed by atoms with Crippen molar-refractivity contribution >= 4 is 29.1 Å². The molecule has 1 aromatic rings. The van der Waals surface area contributed by atoms with Gasteiger partial charge in [-0.2, -0.15) is 0 Å². The van der Waals surface area contributed by atoms with Crippen LogP contribution in [0.15, 0.2) is 18.2 Å². The molecule has 7 nitrogen and oxygen atoms in total. The summed E-state index contributed by atoms with van der Waals surface area (Å²) in [4.78, 5) is 36.9.